The smallest absolute Gasteiger partial charge is 0.191 e. The Balaban J connectivity index is 1.90. The van der Waals surface area contributed by atoms with Gasteiger partial charge in [0.15, 0.2) is 16.6 Å². The first kappa shape index (κ1) is 15.8. The molecule has 114 valence electrons. The fourth-order valence-corrected chi connectivity index (χ4v) is 1.92. The quantitative estimate of drug-likeness (QED) is 0.460. The fourth-order valence-electron chi connectivity index (χ4n) is 1.75. The average molecular weight is 315 g/mol. The number of aryl methyl sites for hydroxylation is 1. The zero-order valence-electron chi connectivity index (χ0n) is 12.3. The lowest BCUT2D eigenvalue weighted by Crippen LogP contribution is -2.23. The zero-order valence-corrected chi connectivity index (χ0v) is 13.1. The minimum atomic E-state index is 0.0619. The summed E-state index contributed by atoms with van der Waals surface area (Å²) in [7, 11) is 1.50. The topological polar surface area (TPSA) is 65.9 Å². The van der Waals surface area contributed by atoms with Gasteiger partial charge in [0.2, 0.25) is 0 Å². The van der Waals surface area contributed by atoms with Crippen LogP contribution in [0.15, 0.2) is 47.6 Å². The summed E-state index contributed by atoms with van der Waals surface area (Å²) in [5, 5.41) is 17.1. The van der Waals surface area contributed by atoms with Gasteiger partial charge in [0.1, 0.15) is 0 Å². The number of hydrazone groups is 1. The number of anilines is 1. The molecule has 22 heavy (non-hydrogen) atoms. The predicted molar refractivity (Wildman–Crippen MR) is 92.8 cm³/mol. The highest BCUT2D eigenvalue weighted by molar-refractivity contribution is 7.80. The molecule has 3 N–H and O–H groups in total. The van der Waals surface area contributed by atoms with E-state index >= 15 is 0 Å². The van der Waals surface area contributed by atoms with Crippen LogP contribution in [0.2, 0.25) is 0 Å². The van der Waals surface area contributed by atoms with E-state index < -0.39 is 0 Å². The third-order valence-corrected chi connectivity index (χ3v) is 3.09. The number of thiocarbonyl (C=S) groups is 1. The van der Waals surface area contributed by atoms with E-state index in [9.17, 15) is 5.11 Å². The summed E-state index contributed by atoms with van der Waals surface area (Å²) in [6, 6.07) is 12.9. The summed E-state index contributed by atoms with van der Waals surface area (Å²) in [4.78, 5) is 0. The number of phenolic OH excluding ortho intramolecular Hbond substituents is 1. The molecule has 5 nitrogen and oxygen atoms in total. The number of rotatable bonds is 4. The van der Waals surface area contributed by atoms with Gasteiger partial charge in [-0.1, -0.05) is 17.7 Å². The maximum atomic E-state index is 9.67. The lowest BCUT2D eigenvalue weighted by Gasteiger charge is -2.07. The molecule has 0 spiro atoms. The van der Waals surface area contributed by atoms with Crippen LogP contribution in [0.5, 0.6) is 11.5 Å². The van der Waals surface area contributed by atoms with Gasteiger partial charge in [-0.15, -0.1) is 0 Å². The van der Waals surface area contributed by atoms with Crippen LogP contribution >= 0.6 is 12.2 Å². The van der Waals surface area contributed by atoms with Gasteiger partial charge in [0, 0.05) is 5.69 Å². The molecular formula is C16H17N3O2S. The van der Waals surface area contributed by atoms with Gasteiger partial charge in [-0.3, -0.25) is 5.43 Å². The van der Waals surface area contributed by atoms with Crippen molar-refractivity contribution in [3.8, 4) is 11.5 Å². The van der Waals surface area contributed by atoms with Crippen molar-refractivity contribution in [2.75, 3.05) is 12.4 Å². The van der Waals surface area contributed by atoms with E-state index in [0.29, 0.717) is 10.9 Å². The summed E-state index contributed by atoms with van der Waals surface area (Å²) in [6.45, 7) is 2.02. The van der Waals surface area contributed by atoms with Crippen molar-refractivity contribution in [3.05, 3.63) is 53.6 Å². The second kappa shape index (κ2) is 7.42. The van der Waals surface area contributed by atoms with E-state index in [2.05, 4.69) is 15.8 Å². The van der Waals surface area contributed by atoms with Gasteiger partial charge in [-0.25, -0.2) is 0 Å². The Morgan fingerprint density at radius 2 is 1.95 bits per heavy atom. The highest BCUT2D eigenvalue weighted by atomic mass is 32.1. The third kappa shape index (κ3) is 4.46. The Hall–Kier alpha value is -2.60. The Labute approximate surface area is 134 Å². The number of benzene rings is 2. The normalized spacial score (nSPS) is 10.5. The number of hydrogen-bond acceptors (Lipinski definition) is 4. The maximum Gasteiger partial charge on any atom is 0.191 e. The lowest BCUT2D eigenvalue weighted by molar-refractivity contribution is 0.373. The van der Waals surface area contributed by atoms with Gasteiger partial charge in [-0.2, -0.15) is 5.10 Å². The van der Waals surface area contributed by atoms with Crippen LogP contribution in [0.25, 0.3) is 0 Å². The van der Waals surface area contributed by atoms with Crippen molar-refractivity contribution in [2.45, 2.75) is 6.92 Å². The Kier molecular flexibility index (Phi) is 5.32. The molecule has 0 saturated heterocycles. The molecule has 2 aromatic rings. The number of ether oxygens (including phenoxy) is 1. The Morgan fingerprint density at radius 3 is 2.59 bits per heavy atom. The second-order valence-corrected chi connectivity index (χ2v) is 5.03. The molecule has 0 bridgehead atoms. The SMILES string of the molecule is COc1ccc(/C=N\NC(=S)Nc2ccc(C)cc2)cc1O. The van der Waals surface area contributed by atoms with Gasteiger partial charge in [0.05, 0.1) is 13.3 Å². The van der Waals surface area contributed by atoms with E-state index in [1.165, 1.54) is 12.7 Å². The van der Waals surface area contributed by atoms with Crippen LogP contribution in [0.3, 0.4) is 0 Å². The molecule has 0 atom stereocenters. The number of nitrogens with one attached hydrogen (secondary N) is 2. The number of hydrogen-bond donors (Lipinski definition) is 3. The van der Waals surface area contributed by atoms with Crippen LogP contribution in [-0.2, 0) is 0 Å². The van der Waals surface area contributed by atoms with E-state index in [1.807, 2.05) is 31.2 Å². The molecule has 0 radical (unpaired) electrons. The van der Waals surface area contributed by atoms with Gasteiger partial charge in [0.25, 0.3) is 0 Å². The van der Waals surface area contributed by atoms with Gasteiger partial charge >= 0.3 is 0 Å². The van der Waals surface area contributed by atoms with Crippen molar-refractivity contribution in [2.24, 2.45) is 5.10 Å². The molecule has 6 heteroatoms. The largest absolute Gasteiger partial charge is 0.504 e. The molecule has 0 aliphatic carbocycles. The Morgan fingerprint density at radius 1 is 1.23 bits per heavy atom. The van der Waals surface area contributed by atoms with Crippen molar-refractivity contribution in [1.29, 1.82) is 0 Å². The van der Waals surface area contributed by atoms with Crippen molar-refractivity contribution in [1.82, 2.24) is 5.43 Å². The monoisotopic (exact) mass is 315 g/mol. The molecule has 0 aliphatic heterocycles. The van der Waals surface area contributed by atoms with Crippen LogP contribution < -0.4 is 15.5 Å². The molecule has 2 aromatic carbocycles. The lowest BCUT2D eigenvalue weighted by atomic mass is 10.2. The second-order valence-electron chi connectivity index (χ2n) is 4.62. The van der Waals surface area contributed by atoms with Crippen LogP contribution in [-0.4, -0.2) is 23.5 Å². The first-order chi connectivity index (χ1) is 10.6. The molecule has 0 saturated carbocycles. The fraction of sp³-hybridized carbons (Fsp3) is 0.125. The molecule has 0 unspecified atom stereocenters. The molecule has 0 fully saturated rings. The molecule has 2 rings (SSSR count). The summed E-state index contributed by atoms with van der Waals surface area (Å²) in [5.74, 6) is 0.480. The molecule has 0 aliphatic rings. The van der Waals surface area contributed by atoms with Crippen molar-refractivity contribution < 1.29 is 9.84 Å². The minimum absolute atomic E-state index is 0.0619. The summed E-state index contributed by atoms with van der Waals surface area (Å²) in [5.41, 5.74) is 5.52. The first-order valence-electron chi connectivity index (χ1n) is 6.62. The summed E-state index contributed by atoms with van der Waals surface area (Å²) >= 11 is 5.14. The van der Waals surface area contributed by atoms with E-state index in [-0.39, 0.29) is 5.75 Å². The van der Waals surface area contributed by atoms with Gasteiger partial charge in [-0.05, 0) is 55.0 Å². The van der Waals surface area contributed by atoms with E-state index in [4.69, 9.17) is 17.0 Å². The number of phenols is 1. The average Bonchev–Trinajstić information content (AvgIpc) is 2.50. The minimum Gasteiger partial charge on any atom is -0.504 e. The zero-order chi connectivity index (χ0) is 15.9. The predicted octanol–water partition coefficient (Wildman–Crippen LogP) is 3.03. The molecule has 0 aromatic heterocycles. The van der Waals surface area contributed by atoms with Crippen molar-refractivity contribution >= 4 is 29.2 Å². The molecular weight excluding hydrogens is 298 g/mol. The Bertz CT molecular complexity index is 684. The van der Waals surface area contributed by atoms with Crippen LogP contribution in [0.4, 0.5) is 5.69 Å². The highest BCUT2D eigenvalue weighted by Crippen LogP contribution is 2.25. The number of nitrogens with zero attached hydrogens (tertiary/aromatic N) is 1. The number of methoxy groups -OCH3 is 1. The van der Waals surface area contributed by atoms with Crippen LogP contribution in [0.1, 0.15) is 11.1 Å². The highest BCUT2D eigenvalue weighted by Gasteiger charge is 2.00. The van der Waals surface area contributed by atoms with Gasteiger partial charge < -0.3 is 15.2 Å². The van der Waals surface area contributed by atoms with E-state index in [0.717, 1.165) is 11.3 Å². The standard InChI is InChI=1S/C16H17N3O2S/c1-11-3-6-13(7-4-11)18-16(22)19-17-10-12-5-8-15(21-2)14(20)9-12/h3-10,20H,1-2H3,(H2,18,19,22)/b17-10-. The third-order valence-electron chi connectivity index (χ3n) is 2.89. The van der Waals surface area contributed by atoms with Crippen molar-refractivity contribution in [3.63, 3.8) is 0 Å². The molecule has 0 amide bonds. The van der Waals surface area contributed by atoms with Crippen LogP contribution in [0, 0.1) is 6.92 Å². The summed E-state index contributed by atoms with van der Waals surface area (Å²) in [6.07, 6.45) is 1.56. The maximum absolute atomic E-state index is 9.67. The molecule has 0 heterocycles. The van der Waals surface area contributed by atoms with E-state index in [1.54, 1.807) is 24.4 Å². The summed E-state index contributed by atoms with van der Waals surface area (Å²) < 4.78 is 4.98. The number of aromatic hydroxyl groups is 1. The first-order valence-corrected chi connectivity index (χ1v) is 7.03.